The molecule has 1 aromatic carbocycles. The molecule has 1 aliphatic rings. The molecule has 1 fully saturated rings. The summed E-state index contributed by atoms with van der Waals surface area (Å²) in [7, 11) is 0. The molecule has 0 radical (unpaired) electrons. The van der Waals surface area contributed by atoms with E-state index < -0.39 is 0 Å². The number of nitrogens with one attached hydrogen (secondary N) is 2. The van der Waals surface area contributed by atoms with Gasteiger partial charge < -0.3 is 10.1 Å². The molecule has 126 valence electrons. The highest BCUT2D eigenvalue weighted by atomic mass is 16.5. The predicted octanol–water partition coefficient (Wildman–Crippen LogP) is 2.85. The SMILES string of the molecule is CCOc1ccc(/C(C)=N\NC(=O)CNC2CCCCC2)cc1. The number of hydrogen-bond acceptors (Lipinski definition) is 4. The van der Waals surface area contributed by atoms with Crippen LogP contribution in [0.15, 0.2) is 29.4 Å². The van der Waals surface area contributed by atoms with Gasteiger partial charge in [0.2, 0.25) is 0 Å². The van der Waals surface area contributed by atoms with Crippen LogP contribution in [0.2, 0.25) is 0 Å². The van der Waals surface area contributed by atoms with Crippen molar-refractivity contribution in [3.05, 3.63) is 29.8 Å². The van der Waals surface area contributed by atoms with Gasteiger partial charge in [-0.25, -0.2) is 5.43 Å². The minimum absolute atomic E-state index is 0.0964. The van der Waals surface area contributed by atoms with Crippen LogP contribution in [0.4, 0.5) is 0 Å². The minimum atomic E-state index is -0.0964. The molecule has 0 bridgehead atoms. The van der Waals surface area contributed by atoms with Crippen LogP contribution in [0.5, 0.6) is 5.75 Å². The van der Waals surface area contributed by atoms with Gasteiger partial charge in [0.25, 0.3) is 5.91 Å². The number of carbonyl (C=O) groups is 1. The van der Waals surface area contributed by atoms with Crippen LogP contribution in [-0.2, 0) is 4.79 Å². The van der Waals surface area contributed by atoms with E-state index in [1.165, 1.54) is 32.1 Å². The number of rotatable bonds is 7. The Bertz CT molecular complexity index is 520. The summed E-state index contributed by atoms with van der Waals surface area (Å²) in [4.78, 5) is 11.9. The third-order valence-corrected chi connectivity index (χ3v) is 4.09. The lowest BCUT2D eigenvalue weighted by Crippen LogP contribution is -2.38. The Morgan fingerprint density at radius 1 is 1.22 bits per heavy atom. The Morgan fingerprint density at radius 3 is 2.57 bits per heavy atom. The molecule has 1 aliphatic carbocycles. The normalized spacial score (nSPS) is 16.2. The molecule has 23 heavy (non-hydrogen) atoms. The van der Waals surface area contributed by atoms with Crippen molar-refractivity contribution < 1.29 is 9.53 Å². The van der Waals surface area contributed by atoms with E-state index in [9.17, 15) is 4.79 Å². The van der Waals surface area contributed by atoms with E-state index in [1.807, 2.05) is 38.1 Å². The topological polar surface area (TPSA) is 62.7 Å². The average molecular weight is 317 g/mol. The van der Waals surface area contributed by atoms with Gasteiger partial charge >= 0.3 is 0 Å². The number of hydrazone groups is 1. The Kier molecular flexibility index (Phi) is 7.07. The molecule has 2 N–H and O–H groups in total. The van der Waals surface area contributed by atoms with Gasteiger partial charge in [-0.2, -0.15) is 5.10 Å². The second-order valence-electron chi connectivity index (χ2n) is 5.91. The first-order valence-electron chi connectivity index (χ1n) is 8.48. The summed E-state index contributed by atoms with van der Waals surface area (Å²) in [6.45, 7) is 4.81. The van der Waals surface area contributed by atoms with E-state index in [1.54, 1.807) is 0 Å². The van der Waals surface area contributed by atoms with E-state index in [4.69, 9.17) is 4.74 Å². The van der Waals surface area contributed by atoms with Crippen molar-refractivity contribution in [2.24, 2.45) is 5.10 Å². The molecule has 0 aliphatic heterocycles. The van der Waals surface area contributed by atoms with Gasteiger partial charge in [0.05, 0.1) is 18.9 Å². The average Bonchev–Trinajstić information content (AvgIpc) is 2.59. The van der Waals surface area contributed by atoms with Crippen molar-refractivity contribution in [1.29, 1.82) is 0 Å². The first-order chi connectivity index (χ1) is 11.2. The van der Waals surface area contributed by atoms with Crippen LogP contribution >= 0.6 is 0 Å². The van der Waals surface area contributed by atoms with Crippen LogP contribution in [0.25, 0.3) is 0 Å². The number of carbonyl (C=O) groups excluding carboxylic acids is 1. The van der Waals surface area contributed by atoms with Crippen molar-refractivity contribution in [1.82, 2.24) is 10.7 Å². The smallest absolute Gasteiger partial charge is 0.254 e. The Morgan fingerprint density at radius 2 is 1.91 bits per heavy atom. The highest BCUT2D eigenvalue weighted by molar-refractivity contribution is 5.99. The maximum Gasteiger partial charge on any atom is 0.254 e. The molecule has 5 heteroatoms. The van der Waals surface area contributed by atoms with Crippen LogP contribution in [-0.4, -0.2) is 30.8 Å². The lowest BCUT2D eigenvalue weighted by Gasteiger charge is -2.22. The summed E-state index contributed by atoms with van der Waals surface area (Å²) in [6.07, 6.45) is 6.17. The van der Waals surface area contributed by atoms with E-state index >= 15 is 0 Å². The van der Waals surface area contributed by atoms with Crippen LogP contribution in [0.3, 0.4) is 0 Å². The molecule has 1 amide bonds. The fourth-order valence-electron chi connectivity index (χ4n) is 2.75. The monoisotopic (exact) mass is 317 g/mol. The largest absolute Gasteiger partial charge is 0.494 e. The summed E-state index contributed by atoms with van der Waals surface area (Å²) >= 11 is 0. The second-order valence-corrected chi connectivity index (χ2v) is 5.91. The number of nitrogens with zero attached hydrogens (tertiary/aromatic N) is 1. The van der Waals surface area contributed by atoms with Crippen molar-refractivity contribution in [3.63, 3.8) is 0 Å². The molecule has 0 unspecified atom stereocenters. The first kappa shape index (κ1) is 17.5. The van der Waals surface area contributed by atoms with E-state index in [0.717, 1.165) is 17.0 Å². The molecule has 1 saturated carbocycles. The lowest BCUT2D eigenvalue weighted by atomic mass is 9.95. The highest BCUT2D eigenvalue weighted by Crippen LogP contribution is 2.17. The van der Waals surface area contributed by atoms with Gasteiger partial charge in [0.1, 0.15) is 5.75 Å². The summed E-state index contributed by atoms with van der Waals surface area (Å²) < 4.78 is 5.41. The number of amides is 1. The quantitative estimate of drug-likeness (QED) is 0.600. The molecule has 0 atom stereocenters. The number of hydrogen-bond donors (Lipinski definition) is 2. The molecule has 0 saturated heterocycles. The zero-order valence-electron chi connectivity index (χ0n) is 14.1. The van der Waals surface area contributed by atoms with Crippen molar-refractivity contribution in [3.8, 4) is 5.75 Å². The summed E-state index contributed by atoms with van der Waals surface area (Å²) in [5.74, 6) is 0.741. The van der Waals surface area contributed by atoms with E-state index in [0.29, 0.717) is 19.2 Å². The van der Waals surface area contributed by atoms with Gasteiger partial charge in [0, 0.05) is 6.04 Å². The number of ether oxygens (including phenoxy) is 1. The first-order valence-corrected chi connectivity index (χ1v) is 8.48. The van der Waals surface area contributed by atoms with Gasteiger partial charge in [-0.3, -0.25) is 4.79 Å². The summed E-state index contributed by atoms with van der Waals surface area (Å²) in [6, 6.07) is 8.17. The molecular formula is C18H27N3O2. The minimum Gasteiger partial charge on any atom is -0.494 e. The summed E-state index contributed by atoms with van der Waals surface area (Å²) in [5.41, 5.74) is 4.36. The van der Waals surface area contributed by atoms with Gasteiger partial charge in [-0.05, 0) is 56.5 Å². The van der Waals surface area contributed by atoms with Crippen LogP contribution < -0.4 is 15.5 Å². The second kappa shape index (κ2) is 9.30. The fraction of sp³-hybridized carbons (Fsp3) is 0.556. The van der Waals surface area contributed by atoms with Crippen LogP contribution in [0.1, 0.15) is 51.5 Å². The molecule has 0 spiro atoms. The zero-order chi connectivity index (χ0) is 16.5. The third kappa shape index (κ3) is 6.02. The highest BCUT2D eigenvalue weighted by Gasteiger charge is 2.13. The van der Waals surface area contributed by atoms with Crippen molar-refractivity contribution in [2.75, 3.05) is 13.2 Å². The third-order valence-electron chi connectivity index (χ3n) is 4.09. The maximum atomic E-state index is 11.9. The molecule has 5 nitrogen and oxygen atoms in total. The van der Waals surface area contributed by atoms with Crippen LogP contribution in [0, 0.1) is 0 Å². The molecule has 0 heterocycles. The molecule has 1 aromatic rings. The fourth-order valence-corrected chi connectivity index (χ4v) is 2.75. The Balaban J connectivity index is 1.77. The van der Waals surface area contributed by atoms with Crippen molar-refractivity contribution in [2.45, 2.75) is 52.0 Å². The Labute approximate surface area is 138 Å². The Hall–Kier alpha value is -1.88. The van der Waals surface area contributed by atoms with Gasteiger partial charge in [-0.1, -0.05) is 19.3 Å². The summed E-state index contributed by atoms with van der Waals surface area (Å²) in [5, 5.41) is 7.48. The maximum absolute atomic E-state index is 11.9. The van der Waals surface area contributed by atoms with E-state index in [-0.39, 0.29) is 5.91 Å². The number of benzene rings is 1. The predicted molar refractivity (Wildman–Crippen MR) is 92.8 cm³/mol. The zero-order valence-corrected chi connectivity index (χ0v) is 14.1. The standard InChI is InChI=1S/C18H27N3O2/c1-3-23-17-11-9-15(10-12-17)14(2)20-21-18(22)13-19-16-7-5-4-6-8-16/h9-12,16,19H,3-8,13H2,1-2H3,(H,21,22)/b20-14-. The van der Waals surface area contributed by atoms with Crippen molar-refractivity contribution >= 4 is 11.6 Å². The van der Waals surface area contributed by atoms with E-state index in [2.05, 4.69) is 15.8 Å². The lowest BCUT2D eigenvalue weighted by molar-refractivity contribution is -0.120. The van der Waals surface area contributed by atoms with Gasteiger partial charge in [-0.15, -0.1) is 0 Å². The van der Waals surface area contributed by atoms with Gasteiger partial charge in [0.15, 0.2) is 0 Å². The molecular weight excluding hydrogens is 290 g/mol. The molecule has 2 rings (SSSR count). The molecule has 0 aromatic heterocycles.